The molecule has 7 heteroatoms. The summed E-state index contributed by atoms with van der Waals surface area (Å²) >= 11 is 0. The molecule has 3 rings (SSSR count). The predicted octanol–water partition coefficient (Wildman–Crippen LogP) is 1.80. The maximum atomic E-state index is 12.4. The van der Waals surface area contributed by atoms with Crippen LogP contribution in [-0.4, -0.2) is 30.5 Å². The highest BCUT2D eigenvalue weighted by molar-refractivity contribution is 7.91. The van der Waals surface area contributed by atoms with E-state index in [9.17, 15) is 8.42 Å². The van der Waals surface area contributed by atoms with Gasteiger partial charge in [0.1, 0.15) is 5.75 Å². The van der Waals surface area contributed by atoms with E-state index in [-0.39, 0.29) is 10.1 Å². The number of ether oxygens (including phenoxy) is 1. The molecule has 6 nitrogen and oxygen atoms in total. The Bertz CT molecular complexity index is 854. The number of H-pyrrole nitrogens is 1. The van der Waals surface area contributed by atoms with Crippen molar-refractivity contribution in [3.05, 3.63) is 42.7 Å². The lowest BCUT2D eigenvalue weighted by Crippen LogP contribution is -2.06. The minimum absolute atomic E-state index is 0.133. The molecular formula is C13H11N3O3S. The smallest absolute Gasteiger partial charge is 0.252 e. The Balaban J connectivity index is 2.09. The van der Waals surface area contributed by atoms with Crippen molar-refractivity contribution in [2.75, 3.05) is 7.11 Å². The van der Waals surface area contributed by atoms with Gasteiger partial charge in [-0.25, -0.2) is 18.4 Å². The van der Waals surface area contributed by atoms with Crippen LogP contribution in [0.1, 0.15) is 0 Å². The number of nitrogens with one attached hydrogen (secondary N) is 1. The average molecular weight is 289 g/mol. The Morgan fingerprint density at radius 1 is 1.15 bits per heavy atom. The number of hydrogen-bond donors (Lipinski definition) is 1. The van der Waals surface area contributed by atoms with Crippen molar-refractivity contribution >= 4 is 20.9 Å². The molecule has 2 heterocycles. The first-order valence-electron chi connectivity index (χ1n) is 5.80. The molecule has 0 aliphatic carbocycles. The van der Waals surface area contributed by atoms with Crippen LogP contribution >= 0.6 is 0 Å². The number of hydrogen-bond acceptors (Lipinski definition) is 5. The van der Waals surface area contributed by atoms with Gasteiger partial charge < -0.3 is 9.72 Å². The molecule has 0 fully saturated rings. The molecule has 0 aliphatic heterocycles. The highest BCUT2D eigenvalue weighted by Crippen LogP contribution is 2.21. The van der Waals surface area contributed by atoms with Crippen LogP contribution in [0.3, 0.4) is 0 Å². The molecule has 0 spiro atoms. The standard InChI is InChI=1S/C13H11N3O3S/c1-19-9-2-4-10(5-3-9)20(17,18)13-15-8-12-11(16-13)6-7-14-12/h2-8,14H,1H3. The minimum Gasteiger partial charge on any atom is -0.497 e. The van der Waals surface area contributed by atoms with Crippen molar-refractivity contribution in [2.24, 2.45) is 0 Å². The summed E-state index contributed by atoms with van der Waals surface area (Å²) in [6.45, 7) is 0. The van der Waals surface area contributed by atoms with Gasteiger partial charge in [-0.2, -0.15) is 0 Å². The van der Waals surface area contributed by atoms with Crippen LogP contribution in [0.4, 0.5) is 0 Å². The molecule has 2 aromatic heterocycles. The molecule has 0 bridgehead atoms. The first kappa shape index (κ1) is 12.6. The molecule has 1 aromatic carbocycles. The van der Waals surface area contributed by atoms with Gasteiger partial charge in [0.05, 0.1) is 29.2 Å². The molecule has 1 N–H and O–H groups in total. The van der Waals surface area contributed by atoms with Crippen molar-refractivity contribution in [3.63, 3.8) is 0 Å². The highest BCUT2D eigenvalue weighted by Gasteiger charge is 2.21. The van der Waals surface area contributed by atoms with Crippen molar-refractivity contribution < 1.29 is 13.2 Å². The van der Waals surface area contributed by atoms with E-state index in [2.05, 4.69) is 15.0 Å². The van der Waals surface area contributed by atoms with Gasteiger partial charge in [-0.3, -0.25) is 0 Å². The van der Waals surface area contributed by atoms with E-state index in [4.69, 9.17) is 4.74 Å². The van der Waals surface area contributed by atoms with E-state index >= 15 is 0 Å². The zero-order valence-corrected chi connectivity index (χ0v) is 11.4. The molecule has 0 saturated carbocycles. The van der Waals surface area contributed by atoms with Gasteiger partial charge in [-0.05, 0) is 30.3 Å². The number of methoxy groups -OCH3 is 1. The molecule has 20 heavy (non-hydrogen) atoms. The SMILES string of the molecule is COc1ccc(S(=O)(=O)c2ncc3[nH]ccc3n2)cc1. The second-order valence-corrected chi connectivity index (χ2v) is 5.95. The van der Waals surface area contributed by atoms with Crippen molar-refractivity contribution in [3.8, 4) is 5.75 Å². The highest BCUT2D eigenvalue weighted by atomic mass is 32.2. The summed E-state index contributed by atoms with van der Waals surface area (Å²) in [6, 6.07) is 7.81. The zero-order chi connectivity index (χ0) is 14.2. The number of nitrogens with zero attached hydrogens (tertiary/aromatic N) is 2. The molecule has 0 unspecified atom stereocenters. The molecular weight excluding hydrogens is 278 g/mol. The molecule has 0 radical (unpaired) electrons. The number of fused-ring (bicyclic) bond motifs is 1. The zero-order valence-electron chi connectivity index (χ0n) is 10.6. The third-order valence-electron chi connectivity index (χ3n) is 2.89. The molecule has 0 aliphatic rings. The minimum atomic E-state index is -3.72. The van der Waals surface area contributed by atoms with Crippen LogP contribution < -0.4 is 4.74 Å². The fraction of sp³-hybridized carbons (Fsp3) is 0.0769. The van der Waals surface area contributed by atoms with Gasteiger partial charge in [-0.15, -0.1) is 0 Å². The van der Waals surface area contributed by atoms with Gasteiger partial charge in [0.15, 0.2) is 0 Å². The topological polar surface area (TPSA) is 84.9 Å². The monoisotopic (exact) mass is 289 g/mol. The molecule has 102 valence electrons. The fourth-order valence-corrected chi connectivity index (χ4v) is 2.93. The van der Waals surface area contributed by atoms with Crippen LogP contribution in [0, 0.1) is 0 Å². The van der Waals surface area contributed by atoms with E-state index in [1.807, 2.05) is 0 Å². The lowest BCUT2D eigenvalue weighted by Gasteiger charge is -2.04. The second kappa shape index (κ2) is 4.61. The Morgan fingerprint density at radius 2 is 1.90 bits per heavy atom. The van der Waals surface area contributed by atoms with Gasteiger partial charge in [0, 0.05) is 6.20 Å². The number of rotatable bonds is 3. The average Bonchev–Trinajstić information content (AvgIpc) is 2.94. The summed E-state index contributed by atoms with van der Waals surface area (Å²) in [5, 5.41) is -0.213. The quantitative estimate of drug-likeness (QED) is 0.743. The van der Waals surface area contributed by atoms with E-state index in [0.29, 0.717) is 16.8 Å². The van der Waals surface area contributed by atoms with Crippen LogP contribution in [0.25, 0.3) is 11.0 Å². The van der Waals surface area contributed by atoms with Crippen molar-refractivity contribution in [2.45, 2.75) is 10.1 Å². The molecule has 3 aromatic rings. The van der Waals surface area contributed by atoms with E-state index < -0.39 is 9.84 Å². The van der Waals surface area contributed by atoms with Gasteiger partial charge in [0.25, 0.3) is 5.16 Å². The summed E-state index contributed by atoms with van der Waals surface area (Å²) < 4.78 is 29.9. The van der Waals surface area contributed by atoms with Crippen LogP contribution in [0.2, 0.25) is 0 Å². The summed E-state index contributed by atoms with van der Waals surface area (Å²) in [7, 11) is -2.20. The first-order valence-corrected chi connectivity index (χ1v) is 7.29. The Morgan fingerprint density at radius 3 is 2.60 bits per heavy atom. The van der Waals surface area contributed by atoms with Gasteiger partial charge in [-0.1, -0.05) is 0 Å². The van der Waals surface area contributed by atoms with Crippen LogP contribution in [0.15, 0.2) is 52.8 Å². The van der Waals surface area contributed by atoms with Crippen LogP contribution in [0.5, 0.6) is 5.75 Å². The molecule has 0 saturated heterocycles. The molecule has 0 atom stereocenters. The Kier molecular flexibility index (Phi) is 2.90. The van der Waals surface area contributed by atoms with Crippen molar-refractivity contribution in [1.82, 2.24) is 15.0 Å². The summed E-state index contributed by atoms with van der Waals surface area (Å²) in [4.78, 5) is 11.0. The largest absolute Gasteiger partial charge is 0.497 e. The van der Waals surface area contributed by atoms with Gasteiger partial charge >= 0.3 is 0 Å². The lowest BCUT2D eigenvalue weighted by molar-refractivity contribution is 0.414. The Hall–Kier alpha value is -2.41. The van der Waals surface area contributed by atoms with Crippen molar-refractivity contribution in [1.29, 1.82) is 0 Å². The van der Waals surface area contributed by atoms with E-state index in [1.165, 1.54) is 25.4 Å². The summed E-state index contributed by atoms with van der Waals surface area (Å²) in [5.41, 5.74) is 1.26. The lowest BCUT2D eigenvalue weighted by atomic mass is 10.3. The summed E-state index contributed by atoms with van der Waals surface area (Å²) in [6.07, 6.45) is 3.14. The number of aromatic amines is 1. The fourth-order valence-electron chi connectivity index (χ4n) is 1.82. The number of benzene rings is 1. The van der Waals surface area contributed by atoms with Crippen LogP contribution in [-0.2, 0) is 9.84 Å². The maximum absolute atomic E-state index is 12.4. The summed E-state index contributed by atoms with van der Waals surface area (Å²) in [5.74, 6) is 0.589. The van der Waals surface area contributed by atoms with E-state index in [1.54, 1.807) is 24.4 Å². The normalized spacial score (nSPS) is 11.7. The Labute approximate surface area is 115 Å². The number of aromatic nitrogens is 3. The van der Waals surface area contributed by atoms with E-state index in [0.717, 1.165) is 0 Å². The molecule has 0 amide bonds. The first-order chi connectivity index (χ1) is 9.61. The predicted molar refractivity (Wildman–Crippen MR) is 72.3 cm³/mol. The number of sulfone groups is 1. The maximum Gasteiger partial charge on any atom is 0.252 e. The second-order valence-electron chi connectivity index (χ2n) is 4.11. The third kappa shape index (κ3) is 2.01. The van der Waals surface area contributed by atoms with Gasteiger partial charge in [0.2, 0.25) is 9.84 Å². The third-order valence-corrected chi connectivity index (χ3v) is 4.46.